The summed E-state index contributed by atoms with van der Waals surface area (Å²) in [6, 6.07) is 1.88. The molecule has 3 N–H and O–H groups in total. The molecule has 0 spiro atoms. The second-order valence-corrected chi connectivity index (χ2v) is 3.84. The van der Waals surface area contributed by atoms with Crippen LogP contribution in [0.1, 0.15) is 32.4 Å². The van der Waals surface area contributed by atoms with Gasteiger partial charge >= 0.3 is 0 Å². The Labute approximate surface area is 91.3 Å². The van der Waals surface area contributed by atoms with Crippen LogP contribution in [0.3, 0.4) is 0 Å². The van der Waals surface area contributed by atoms with Crippen LogP contribution in [0.4, 0.5) is 5.95 Å². The molecular formula is C11H20N4. The Kier molecular flexibility index (Phi) is 4.03. The number of aryl methyl sites for hydroxylation is 1. The van der Waals surface area contributed by atoms with Crippen molar-refractivity contribution < 1.29 is 0 Å². The van der Waals surface area contributed by atoms with Crippen molar-refractivity contribution in [3.63, 3.8) is 0 Å². The normalized spacial score (nSPS) is 11.5. The van der Waals surface area contributed by atoms with Crippen LogP contribution in [0.2, 0.25) is 0 Å². The van der Waals surface area contributed by atoms with E-state index < -0.39 is 0 Å². The van der Waals surface area contributed by atoms with Crippen LogP contribution < -0.4 is 11.1 Å². The summed E-state index contributed by atoms with van der Waals surface area (Å²) >= 11 is 0. The molecule has 15 heavy (non-hydrogen) atoms. The minimum Gasteiger partial charge on any atom is -0.348 e. The van der Waals surface area contributed by atoms with Gasteiger partial charge < -0.3 is 11.1 Å². The van der Waals surface area contributed by atoms with E-state index >= 15 is 0 Å². The first-order chi connectivity index (χ1) is 7.15. The number of nitrogens with zero attached hydrogens (tertiary/aromatic N) is 2. The Balaban J connectivity index is 2.82. The Hall–Kier alpha value is -1.16. The van der Waals surface area contributed by atoms with Crippen LogP contribution in [0.15, 0.2) is 12.3 Å². The lowest BCUT2D eigenvalue weighted by atomic mass is 9.93. The molecule has 0 aromatic carbocycles. The van der Waals surface area contributed by atoms with E-state index in [1.807, 2.05) is 13.0 Å². The Morgan fingerprint density at radius 3 is 2.53 bits per heavy atom. The van der Waals surface area contributed by atoms with Crippen LogP contribution in [0.25, 0.3) is 0 Å². The van der Waals surface area contributed by atoms with E-state index in [-0.39, 0.29) is 5.54 Å². The maximum Gasteiger partial charge on any atom is 0.223 e. The van der Waals surface area contributed by atoms with Gasteiger partial charge in [-0.3, -0.25) is 0 Å². The summed E-state index contributed by atoms with van der Waals surface area (Å²) in [5.74, 6) is 0.671. The van der Waals surface area contributed by atoms with Gasteiger partial charge in [-0.25, -0.2) is 9.97 Å². The highest BCUT2D eigenvalue weighted by Crippen LogP contribution is 2.18. The van der Waals surface area contributed by atoms with Crippen LogP contribution in [-0.4, -0.2) is 22.1 Å². The van der Waals surface area contributed by atoms with Crippen molar-refractivity contribution in [2.24, 2.45) is 5.73 Å². The average molecular weight is 208 g/mol. The minimum absolute atomic E-state index is 0.0756. The zero-order chi connectivity index (χ0) is 11.3. The number of nitrogens with two attached hydrogens (primary N) is 1. The van der Waals surface area contributed by atoms with E-state index in [1.165, 1.54) is 0 Å². The summed E-state index contributed by atoms with van der Waals surface area (Å²) in [5, 5.41) is 3.34. The lowest BCUT2D eigenvalue weighted by Gasteiger charge is -2.31. The molecule has 0 aliphatic heterocycles. The Bertz CT molecular complexity index is 299. The van der Waals surface area contributed by atoms with Gasteiger partial charge in [0.05, 0.1) is 5.54 Å². The van der Waals surface area contributed by atoms with Gasteiger partial charge in [-0.15, -0.1) is 0 Å². The molecule has 4 nitrogen and oxygen atoms in total. The van der Waals surface area contributed by atoms with Gasteiger partial charge in [0.1, 0.15) is 0 Å². The van der Waals surface area contributed by atoms with E-state index in [0.29, 0.717) is 12.5 Å². The maximum atomic E-state index is 5.80. The highest BCUT2D eigenvalue weighted by atomic mass is 15.1. The number of rotatable bonds is 5. The van der Waals surface area contributed by atoms with Crippen molar-refractivity contribution in [2.45, 2.75) is 39.2 Å². The summed E-state index contributed by atoms with van der Waals surface area (Å²) in [5.41, 5.74) is 6.68. The SMILES string of the molecule is CCC(CC)(CN)Nc1nccc(C)n1. The maximum absolute atomic E-state index is 5.80. The topological polar surface area (TPSA) is 63.8 Å². The summed E-state index contributed by atoms with van der Waals surface area (Å²) in [7, 11) is 0. The van der Waals surface area contributed by atoms with E-state index in [4.69, 9.17) is 5.73 Å². The number of anilines is 1. The molecule has 4 heteroatoms. The van der Waals surface area contributed by atoms with E-state index in [0.717, 1.165) is 18.5 Å². The lowest BCUT2D eigenvalue weighted by Crippen LogP contribution is -2.44. The van der Waals surface area contributed by atoms with Crippen molar-refractivity contribution in [2.75, 3.05) is 11.9 Å². The second kappa shape index (κ2) is 5.07. The zero-order valence-electron chi connectivity index (χ0n) is 9.75. The summed E-state index contributed by atoms with van der Waals surface area (Å²) in [6.07, 6.45) is 3.70. The third-order valence-corrected chi connectivity index (χ3v) is 2.92. The van der Waals surface area contributed by atoms with Gasteiger partial charge in [0.2, 0.25) is 5.95 Å². The molecule has 0 fully saturated rings. The molecule has 84 valence electrons. The molecule has 0 saturated heterocycles. The van der Waals surface area contributed by atoms with Crippen molar-refractivity contribution in [1.82, 2.24) is 9.97 Å². The molecule has 0 unspecified atom stereocenters. The smallest absolute Gasteiger partial charge is 0.223 e. The molecule has 0 aliphatic carbocycles. The Morgan fingerprint density at radius 1 is 1.40 bits per heavy atom. The molecule has 1 aromatic rings. The molecular weight excluding hydrogens is 188 g/mol. The van der Waals surface area contributed by atoms with Crippen LogP contribution in [-0.2, 0) is 0 Å². The van der Waals surface area contributed by atoms with Gasteiger partial charge in [-0.1, -0.05) is 13.8 Å². The highest BCUT2D eigenvalue weighted by molar-refractivity contribution is 5.30. The van der Waals surface area contributed by atoms with Gasteiger partial charge in [0.25, 0.3) is 0 Å². The fourth-order valence-corrected chi connectivity index (χ4v) is 1.51. The van der Waals surface area contributed by atoms with Crippen LogP contribution in [0, 0.1) is 6.92 Å². The van der Waals surface area contributed by atoms with Crippen LogP contribution in [0.5, 0.6) is 0 Å². The zero-order valence-corrected chi connectivity index (χ0v) is 9.75. The first kappa shape index (κ1) is 11.9. The van der Waals surface area contributed by atoms with Crippen molar-refractivity contribution in [3.05, 3.63) is 18.0 Å². The quantitative estimate of drug-likeness (QED) is 0.773. The Morgan fingerprint density at radius 2 is 2.07 bits per heavy atom. The standard InChI is InChI=1S/C11H20N4/c1-4-11(5-2,8-12)15-10-13-7-6-9(3)14-10/h6-7H,4-5,8,12H2,1-3H3,(H,13,14,15). The average Bonchev–Trinajstić information content (AvgIpc) is 2.26. The fraction of sp³-hybridized carbons (Fsp3) is 0.636. The van der Waals surface area contributed by atoms with E-state index in [2.05, 4.69) is 29.1 Å². The molecule has 1 aromatic heterocycles. The van der Waals surface area contributed by atoms with Gasteiger partial charge in [0.15, 0.2) is 0 Å². The predicted octanol–water partition coefficient (Wildman–Crippen LogP) is 1.71. The van der Waals surface area contributed by atoms with Gasteiger partial charge in [0, 0.05) is 18.4 Å². The number of hydrogen-bond donors (Lipinski definition) is 2. The largest absolute Gasteiger partial charge is 0.348 e. The molecule has 1 rings (SSSR count). The molecule has 0 aliphatic rings. The summed E-state index contributed by atoms with van der Waals surface area (Å²) in [6.45, 7) is 6.80. The molecule has 0 atom stereocenters. The van der Waals surface area contributed by atoms with E-state index in [9.17, 15) is 0 Å². The molecule has 0 amide bonds. The van der Waals surface area contributed by atoms with Crippen molar-refractivity contribution in [1.29, 1.82) is 0 Å². The predicted molar refractivity (Wildman–Crippen MR) is 62.8 cm³/mol. The van der Waals surface area contributed by atoms with E-state index in [1.54, 1.807) is 6.20 Å². The summed E-state index contributed by atoms with van der Waals surface area (Å²) < 4.78 is 0. The molecule has 0 saturated carbocycles. The lowest BCUT2D eigenvalue weighted by molar-refractivity contribution is 0.442. The fourth-order valence-electron chi connectivity index (χ4n) is 1.51. The monoisotopic (exact) mass is 208 g/mol. The van der Waals surface area contributed by atoms with Gasteiger partial charge in [-0.2, -0.15) is 0 Å². The van der Waals surface area contributed by atoms with Crippen molar-refractivity contribution in [3.8, 4) is 0 Å². The van der Waals surface area contributed by atoms with Crippen molar-refractivity contribution >= 4 is 5.95 Å². The third-order valence-electron chi connectivity index (χ3n) is 2.92. The third kappa shape index (κ3) is 2.89. The molecule has 1 heterocycles. The minimum atomic E-state index is -0.0756. The number of aromatic nitrogens is 2. The number of nitrogens with one attached hydrogen (secondary N) is 1. The molecule has 0 bridgehead atoms. The molecule has 0 radical (unpaired) electrons. The second-order valence-electron chi connectivity index (χ2n) is 3.84. The number of hydrogen-bond acceptors (Lipinski definition) is 4. The first-order valence-corrected chi connectivity index (χ1v) is 5.43. The first-order valence-electron chi connectivity index (χ1n) is 5.43. The highest BCUT2D eigenvalue weighted by Gasteiger charge is 2.24. The van der Waals surface area contributed by atoms with Crippen LogP contribution >= 0.6 is 0 Å². The van der Waals surface area contributed by atoms with Gasteiger partial charge in [-0.05, 0) is 25.8 Å². The summed E-state index contributed by atoms with van der Waals surface area (Å²) in [4.78, 5) is 8.51.